The molecule has 0 aromatic rings. The van der Waals surface area contributed by atoms with Crippen molar-refractivity contribution in [1.29, 1.82) is 0 Å². The Morgan fingerprint density at radius 1 is 1.42 bits per heavy atom. The highest BCUT2D eigenvalue weighted by molar-refractivity contribution is 5.87. The van der Waals surface area contributed by atoms with Crippen LogP contribution in [0.3, 0.4) is 0 Å². The van der Waals surface area contributed by atoms with Crippen molar-refractivity contribution >= 4 is 11.9 Å². The third kappa shape index (κ3) is 5.55. The quantitative estimate of drug-likeness (QED) is 0.441. The second-order valence-electron chi connectivity index (χ2n) is 3.56. The standard InChI is InChI=1S/C15H14O4/c1-3-12(2)15(17)18-11-7-5-4-6-8-13-9-10-14(16)19-13/h3,5,7-10H,11H2,1-2H3/b7-5-,12-3+,13-8-. The number of allylic oxidation sites excluding steroid dienone is 4. The van der Waals surface area contributed by atoms with E-state index in [1.807, 2.05) is 0 Å². The average Bonchev–Trinajstić information content (AvgIpc) is 2.82. The molecule has 0 bridgehead atoms. The van der Waals surface area contributed by atoms with Gasteiger partial charge in [0.1, 0.15) is 12.4 Å². The van der Waals surface area contributed by atoms with Crippen LogP contribution in [0.5, 0.6) is 0 Å². The molecular formula is C15H14O4. The molecule has 0 saturated heterocycles. The number of carbonyl (C=O) groups excluding carboxylic acids is 2. The zero-order valence-corrected chi connectivity index (χ0v) is 10.8. The first kappa shape index (κ1) is 14.5. The number of ether oxygens (including phenoxy) is 2. The molecule has 0 aliphatic carbocycles. The van der Waals surface area contributed by atoms with Gasteiger partial charge in [-0.25, -0.2) is 9.59 Å². The minimum absolute atomic E-state index is 0.171. The molecule has 0 aromatic heterocycles. The predicted octanol–water partition coefficient (Wildman–Crippen LogP) is 2.05. The number of hydrogen-bond acceptors (Lipinski definition) is 4. The van der Waals surface area contributed by atoms with Crippen LogP contribution in [0.1, 0.15) is 13.8 Å². The van der Waals surface area contributed by atoms with Gasteiger partial charge in [0.05, 0.1) is 0 Å². The van der Waals surface area contributed by atoms with E-state index in [0.717, 1.165) is 0 Å². The van der Waals surface area contributed by atoms with E-state index in [4.69, 9.17) is 9.47 Å². The van der Waals surface area contributed by atoms with Crippen LogP contribution in [0.2, 0.25) is 0 Å². The maximum absolute atomic E-state index is 11.2. The molecule has 4 heteroatoms. The molecule has 0 amide bonds. The smallest absolute Gasteiger partial charge is 0.336 e. The molecule has 0 unspecified atom stereocenters. The zero-order chi connectivity index (χ0) is 14.1. The molecule has 0 atom stereocenters. The SMILES string of the molecule is C/C=C(\C)C(=O)OC/C=C\C#C/C=C1/C=CC(=O)O1. The summed E-state index contributed by atoms with van der Waals surface area (Å²) in [5, 5.41) is 0. The maximum Gasteiger partial charge on any atom is 0.336 e. The maximum atomic E-state index is 11.2. The second-order valence-corrected chi connectivity index (χ2v) is 3.56. The van der Waals surface area contributed by atoms with E-state index in [0.29, 0.717) is 11.3 Å². The molecule has 0 saturated carbocycles. The molecular weight excluding hydrogens is 244 g/mol. The molecule has 1 rings (SSSR count). The molecule has 0 radical (unpaired) electrons. The van der Waals surface area contributed by atoms with Gasteiger partial charge in [0.15, 0.2) is 0 Å². The summed E-state index contributed by atoms with van der Waals surface area (Å²) in [4.78, 5) is 21.9. The van der Waals surface area contributed by atoms with Gasteiger partial charge >= 0.3 is 11.9 Å². The van der Waals surface area contributed by atoms with Gasteiger partial charge in [0.25, 0.3) is 0 Å². The number of cyclic esters (lactones) is 1. The summed E-state index contributed by atoms with van der Waals surface area (Å²) in [6.07, 6.45) is 9.24. The molecule has 0 N–H and O–H groups in total. The lowest BCUT2D eigenvalue weighted by Gasteiger charge is -1.99. The molecule has 0 fully saturated rings. The highest BCUT2D eigenvalue weighted by Crippen LogP contribution is 2.07. The molecule has 1 heterocycles. The fraction of sp³-hybridized carbons (Fsp3) is 0.200. The molecule has 19 heavy (non-hydrogen) atoms. The number of carbonyl (C=O) groups is 2. The lowest BCUT2D eigenvalue weighted by Crippen LogP contribution is -2.05. The summed E-state index contributed by atoms with van der Waals surface area (Å²) < 4.78 is 9.70. The zero-order valence-electron chi connectivity index (χ0n) is 10.8. The Morgan fingerprint density at radius 2 is 2.21 bits per heavy atom. The van der Waals surface area contributed by atoms with Crippen LogP contribution in [-0.2, 0) is 19.1 Å². The fourth-order valence-corrected chi connectivity index (χ4v) is 1.04. The third-order valence-corrected chi connectivity index (χ3v) is 2.17. The third-order valence-electron chi connectivity index (χ3n) is 2.17. The van der Waals surface area contributed by atoms with E-state index in [2.05, 4.69) is 11.8 Å². The van der Waals surface area contributed by atoms with Crippen LogP contribution in [0.15, 0.2) is 47.8 Å². The normalized spacial score (nSPS) is 16.4. The van der Waals surface area contributed by atoms with Crippen LogP contribution in [-0.4, -0.2) is 18.5 Å². The van der Waals surface area contributed by atoms with Crippen LogP contribution >= 0.6 is 0 Å². The van der Waals surface area contributed by atoms with Crippen LogP contribution in [0.4, 0.5) is 0 Å². The molecule has 1 aliphatic rings. The van der Waals surface area contributed by atoms with E-state index in [9.17, 15) is 9.59 Å². The summed E-state index contributed by atoms with van der Waals surface area (Å²) in [6, 6.07) is 0. The van der Waals surface area contributed by atoms with Gasteiger partial charge < -0.3 is 9.47 Å². The van der Waals surface area contributed by atoms with Gasteiger partial charge in [-0.3, -0.25) is 0 Å². The van der Waals surface area contributed by atoms with Gasteiger partial charge in [-0.15, -0.1) is 0 Å². The van der Waals surface area contributed by atoms with Crippen molar-refractivity contribution in [3.8, 4) is 11.8 Å². The molecule has 98 valence electrons. The average molecular weight is 258 g/mol. The summed E-state index contributed by atoms with van der Waals surface area (Å²) in [5.74, 6) is 5.08. The fourth-order valence-electron chi connectivity index (χ4n) is 1.04. The van der Waals surface area contributed by atoms with E-state index in [-0.39, 0.29) is 12.6 Å². The Balaban J connectivity index is 2.30. The van der Waals surface area contributed by atoms with Gasteiger partial charge in [-0.05, 0) is 32.1 Å². The van der Waals surface area contributed by atoms with Crippen molar-refractivity contribution in [1.82, 2.24) is 0 Å². The van der Waals surface area contributed by atoms with Crippen molar-refractivity contribution in [3.63, 3.8) is 0 Å². The molecule has 0 spiro atoms. The van der Waals surface area contributed by atoms with Crippen LogP contribution in [0, 0.1) is 11.8 Å². The minimum atomic E-state index is -0.394. The van der Waals surface area contributed by atoms with Gasteiger partial charge in [-0.1, -0.05) is 17.9 Å². The van der Waals surface area contributed by atoms with Gasteiger partial charge in [0, 0.05) is 17.7 Å². The van der Waals surface area contributed by atoms with Gasteiger partial charge in [0.2, 0.25) is 0 Å². The molecule has 0 aromatic carbocycles. The van der Waals surface area contributed by atoms with Gasteiger partial charge in [-0.2, -0.15) is 0 Å². The van der Waals surface area contributed by atoms with Crippen molar-refractivity contribution in [2.24, 2.45) is 0 Å². The molecule has 1 aliphatic heterocycles. The lowest BCUT2D eigenvalue weighted by atomic mass is 10.3. The lowest BCUT2D eigenvalue weighted by molar-refractivity contribution is -0.137. The monoisotopic (exact) mass is 258 g/mol. The summed E-state index contributed by atoms with van der Waals surface area (Å²) in [6.45, 7) is 3.63. The first-order chi connectivity index (χ1) is 9.13. The number of hydrogen-bond donors (Lipinski definition) is 0. The summed E-state index contributed by atoms with van der Waals surface area (Å²) in [7, 11) is 0. The first-order valence-electron chi connectivity index (χ1n) is 5.69. The Hall–Kier alpha value is -2.54. The van der Waals surface area contributed by atoms with Crippen molar-refractivity contribution in [2.75, 3.05) is 6.61 Å². The topological polar surface area (TPSA) is 52.6 Å². The van der Waals surface area contributed by atoms with Crippen molar-refractivity contribution < 1.29 is 19.1 Å². The highest BCUT2D eigenvalue weighted by atomic mass is 16.5. The van der Waals surface area contributed by atoms with E-state index < -0.39 is 5.97 Å². The minimum Gasteiger partial charge on any atom is -0.458 e. The van der Waals surface area contributed by atoms with E-state index >= 15 is 0 Å². The Morgan fingerprint density at radius 3 is 2.84 bits per heavy atom. The van der Waals surface area contributed by atoms with E-state index in [1.165, 1.54) is 12.2 Å². The van der Waals surface area contributed by atoms with E-state index in [1.54, 1.807) is 38.2 Å². The number of esters is 2. The Kier molecular flexibility index (Phi) is 5.90. The largest absolute Gasteiger partial charge is 0.458 e. The van der Waals surface area contributed by atoms with Crippen LogP contribution < -0.4 is 0 Å². The van der Waals surface area contributed by atoms with Crippen LogP contribution in [0.25, 0.3) is 0 Å². The number of rotatable bonds is 3. The Bertz CT molecular complexity index is 536. The highest BCUT2D eigenvalue weighted by Gasteiger charge is 2.07. The predicted molar refractivity (Wildman–Crippen MR) is 70.6 cm³/mol. The molecule has 4 nitrogen and oxygen atoms in total. The van der Waals surface area contributed by atoms with Crippen molar-refractivity contribution in [3.05, 3.63) is 47.8 Å². The summed E-state index contributed by atoms with van der Waals surface area (Å²) in [5.41, 5.74) is 0.569. The second kappa shape index (κ2) is 7.72. The Labute approximate surface area is 112 Å². The summed E-state index contributed by atoms with van der Waals surface area (Å²) >= 11 is 0. The first-order valence-corrected chi connectivity index (χ1v) is 5.69. The van der Waals surface area contributed by atoms with Crippen molar-refractivity contribution in [2.45, 2.75) is 13.8 Å².